The van der Waals surface area contributed by atoms with E-state index in [1.54, 1.807) is 0 Å². The van der Waals surface area contributed by atoms with Crippen LogP contribution in [0.1, 0.15) is 32.3 Å². The van der Waals surface area contributed by atoms with Crippen molar-refractivity contribution in [2.45, 2.75) is 45.2 Å². The summed E-state index contributed by atoms with van der Waals surface area (Å²) in [6.45, 7) is 7.06. The van der Waals surface area contributed by atoms with E-state index in [-0.39, 0.29) is 0 Å². The molecule has 1 N–H and O–H groups in total. The molecule has 0 bridgehead atoms. The van der Waals surface area contributed by atoms with E-state index in [2.05, 4.69) is 68.4 Å². The van der Waals surface area contributed by atoms with Crippen molar-refractivity contribution in [3.8, 4) is 6.07 Å². The van der Waals surface area contributed by atoms with E-state index in [9.17, 15) is 5.26 Å². The van der Waals surface area contributed by atoms with Gasteiger partial charge in [-0.05, 0) is 57.2 Å². The van der Waals surface area contributed by atoms with Crippen LogP contribution >= 0.6 is 0 Å². The van der Waals surface area contributed by atoms with Gasteiger partial charge in [0.2, 0.25) is 0 Å². The molecular formula is C17H25N3. The summed E-state index contributed by atoms with van der Waals surface area (Å²) < 4.78 is 0. The lowest BCUT2D eigenvalue weighted by Crippen LogP contribution is -2.56. The highest BCUT2D eigenvalue weighted by Gasteiger charge is 2.46. The maximum atomic E-state index is 9.75. The second kappa shape index (κ2) is 5.85. The number of nitrogens with one attached hydrogen (secondary N) is 1. The van der Waals surface area contributed by atoms with Crippen molar-refractivity contribution in [1.29, 1.82) is 5.26 Å². The number of anilines is 1. The molecule has 0 aromatic heterocycles. The zero-order valence-electron chi connectivity index (χ0n) is 13.0. The quantitative estimate of drug-likeness (QED) is 0.864. The van der Waals surface area contributed by atoms with Crippen LogP contribution in [0.5, 0.6) is 0 Å². The van der Waals surface area contributed by atoms with E-state index in [1.807, 2.05) is 0 Å². The summed E-state index contributed by atoms with van der Waals surface area (Å²) in [5, 5.41) is 13.3. The minimum absolute atomic E-state index is 0.321. The highest BCUT2D eigenvalue weighted by molar-refractivity contribution is 5.48. The summed E-state index contributed by atoms with van der Waals surface area (Å²) in [6.07, 6.45) is 2.32. The lowest BCUT2D eigenvalue weighted by atomic mass is 9.93. The van der Waals surface area contributed by atoms with E-state index in [0.29, 0.717) is 12.0 Å². The van der Waals surface area contributed by atoms with Crippen molar-refractivity contribution < 1.29 is 0 Å². The largest absolute Gasteiger partial charge is 0.372 e. The topological polar surface area (TPSA) is 39.1 Å². The van der Waals surface area contributed by atoms with Crippen LogP contribution in [0.3, 0.4) is 0 Å². The standard InChI is InChI=1S/C17H25N3/c1-13(2)19-17(11-18,15-8-9-15)12-20(4)16-7-5-6-14(3)10-16/h5-7,10,13,15,19H,8-9,12H2,1-4H3. The maximum absolute atomic E-state index is 9.75. The third kappa shape index (κ3) is 3.32. The van der Waals surface area contributed by atoms with Crippen LogP contribution in [0.2, 0.25) is 0 Å². The van der Waals surface area contributed by atoms with E-state index >= 15 is 0 Å². The Morgan fingerprint density at radius 3 is 2.65 bits per heavy atom. The first-order valence-electron chi connectivity index (χ1n) is 7.43. The second-order valence-electron chi connectivity index (χ2n) is 6.35. The fourth-order valence-electron chi connectivity index (χ4n) is 2.87. The number of hydrogen-bond donors (Lipinski definition) is 1. The van der Waals surface area contributed by atoms with E-state index in [0.717, 1.165) is 19.4 Å². The molecule has 0 saturated heterocycles. The molecule has 3 nitrogen and oxygen atoms in total. The van der Waals surface area contributed by atoms with Crippen LogP contribution < -0.4 is 10.2 Å². The van der Waals surface area contributed by atoms with Crippen LogP contribution in [-0.4, -0.2) is 25.2 Å². The first-order valence-corrected chi connectivity index (χ1v) is 7.43. The molecule has 1 aromatic rings. The minimum Gasteiger partial charge on any atom is -0.372 e. The van der Waals surface area contributed by atoms with E-state index in [4.69, 9.17) is 0 Å². The van der Waals surface area contributed by atoms with E-state index in [1.165, 1.54) is 11.3 Å². The number of nitrogens with zero attached hydrogens (tertiary/aromatic N) is 2. The van der Waals surface area contributed by atoms with Crippen molar-refractivity contribution in [2.75, 3.05) is 18.5 Å². The second-order valence-corrected chi connectivity index (χ2v) is 6.35. The Balaban J connectivity index is 2.17. The van der Waals surface area contributed by atoms with Crippen molar-refractivity contribution >= 4 is 5.69 Å². The zero-order chi connectivity index (χ0) is 14.8. The molecule has 0 heterocycles. The molecule has 0 amide bonds. The third-order valence-electron chi connectivity index (χ3n) is 3.95. The Morgan fingerprint density at radius 2 is 2.15 bits per heavy atom. The monoisotopic (exact) mass is 271 g/mol. The van der Waals surface area contributed by atoms with Gasteiger partial charge in [-0.25, -0.2) is 0 Å². The SMILES string of the molecule is Cc1cccc(N(C)CC(C#N)(NC(C)C)C2CC2)c1. The highest BCUT2D eigenvalue weighted by atomic mass is 15.2. The molecule has 1 atom stereocenters. The lowest BCUT2D eigenvalue weighted by Gasteiger charge is -2.35. The summed E-state index contributed by atoms with van der Waals surface area (Å²) in [6, 6.07) is 11.3. The number of nitriles is 1. The van der Waals surface area contributed by atoms with Crippen LogP contribution in [0.25, 0.3) is 0 Å². The summed E-state index contributed by atoms with van der Waals surface area (Å²) in [4.78, 5) is 2.20. The van der Waals surface area contributed by atoms with Crippen LogP contribution in [0.4, 0.5) is 5.69 Å². The van der Waals surface area contributed by atoms with Crippen molar-refractivity contribution in [3.63, 3.8) is 0 Å². The molecule has 0 aliphatic heterocycles. The molecule has 1 aliphatic carbocycles. The summed E-state index contributed by atoms with van der Waals surface area (Å²) in [5.74, 6) is 0.488. The van der Waals surface area contributed by atoms with E-state index < -0.39 is 5.54 Å². The van der Waals surface area contributed by atoms with Crippen molar-refractivity contribution in [2.24, 2.45) is 5.92 Å². The molecule has 0 radical (unpaired) electrons. The number of likely N-dealkylation sites (N-methyl/N-ethyl adjacent to an activating group) is 1. The normalized spacial score (nSPS) is 17.6. The first-order chi connectivity index (χ1) is 9.47. The maximum Gasteiger partial charge on any atom is 0.127 e. The molecule has 0 spiro atoms. The Hall–Kier alpha value is -1.53. The molecular weight excluding hydrogens is 246 g/mol. The Morgan fingerprint density at radius 1 is 1.45 bits per heavy atom. The number of rotatable bonds is 6. The van der Waals surface area contributed by atoms with Gasteiger partial charge in [-0.2, -0.15) is 5.26 Å². The van der Waals surface area contributed by atoms with Gasteiger partial charge in [-0.1, -0.05) is 12.1 Å². The van der Waals surface area contributed by atoms with Gasteiger partial charge in [-0.3, -0.25) is 5.32 Å². The molecule has 1 fully saturated rings. The van der Waals surface area contributed by atoms with Gasteiger partial charge in [0.1, 0.15) is 5.54 Å². The van der Waals surface area contributed by atoms with Crippen molar-refractivity contribution in [3.05, 3.63) is 29.8 Å². The first kappa shape index (κ1) is 14.9. The summed E-state index contributed by atoms with van der Waals surface area (Å²) >= 11 is 0. The molecule has 1 aliphatic rings. The van der Waals surface area contributed by atoms with Gasteiger partial charge in [0.25, 0.3) is 0 Å². The fraction of sp³-hybridized carbons (Fsp3) is 0.588. The number of benzene rings is 1. The average molecular weight is 271 g/mol. The van der Waals surface area contributed by atoms with Crippen molar-refractivity contribution in [1.82, 2.24) is 5.32 Å². The Kier molecular flexibility index (Phi) is 4.35. The average Bonchev–Trinajstić information content (AvgIpc) is 3.21. The van der Waals surface area contributed by atoms with Crippen LogP contribution in [0.15, 0.2) is 24.3 Å². The zero-order valence-corrected chi connectivity index (χ0v) is 13.0. The van der Waals surface area contributed by atoms with Crippen LogP contribution in [-0.2, 0) is 0 Å². The third-order valence-corrected chi connectivity index (χ3v) is 3.95. The molecule has 3 heteroatoms. The van der Waals surface area contributed by atoms with Gasteiger partial charge in [0.15, 0.2) is 0 Å². The van der Waals surface area contributed by atoms with Gasteiger partial charge in [0.05, 0.1) is 6.07 Å². The Bertz CT molecular complexity index is 499. The van der Waals surface area contributed by atoms with Crippen LogP contribution in [0, 0.1) is 24.2 Å². The van der Waals surface area contributed by atoms with Gasteiger partial charge < -0.3 is 4.90 Å². The molecule has 2 rings (SSSR count). The predicted molar refractivity (Wildman–Crippen MR) is 83.8 cm³/mol. The number of hydrogen-bond acceptors (Lipinski definition) is 3. The Labute approximate surface area is 122 Å². The highest BCUT2D eigenvalue weighted by Crippen LogP contribution is 2.40. The predicted octanol–water partition coefficient (Wildman–Crippen LogP) is 3.10. The number of aryl methyl sites for hydroxylation is 1. The molecule has 1 saturated carbocycles. The lowest BCUT2D eigenvalue weighted by molar-refractivity contribution is 0.339. The smallest absolute Gasteiger partial charge is 0.127 e. The van der Waals surface area contributed by atoms with Gasteiger partial charge in [-0.15, -0.1) is 0 Å². The fourth-order valence-corrected chi connectivity index (χ4v) is 2.87. The summed E-state index contributed by atoms with van der Waals surface area (Å²) in [5.41, 5.74) is 2.00. The minimum atomic E-state index is -0.424. The molecule has 1 unspecified atom stereocenters. The summed E-state index contributed by atoms with van der Waals surface area (Å²) in [7, 11) is 2.07. The molecule has 108 valence electrons. The molecule has 20 heavy (non-hydrogen) atoms. The molecule has 1 aromatic carbocycles. The van der Waals surface area contributed by atoms with Gasteiger partial charge >= 0.3 is 0 Å². The van der Waals surface area contributed by atoms with Gasteiger partial charge in [0, 0.05) is 25.3 Å².